The van der Waals surface area contributed by atoms with Gasteiger partial charge in [-0.25, -0.2) is 0 Å². The van der Waals surface area contributed by atoms with Crippen LogP contribution in [0.5, 0.6) is 11.5 Å². The number of benzene rings is 2. The molecule has 0 aliphatic heterocycles. The summed E-state index contributed by atoms with van der Waals surface area (Å²) in [5.74, 6) is 0.675. The van der Waals surface area contributed by atoms with E-state index in [1.807, 2.05) is 0 Å². The third-order valence-corrected chi connectivity index (χ3v) is 4.10. The molecule has 0 saturated heterocycles. The topological polar surface area (TPSA) is 90.7 Å². The standard InChI is InChI=1S/C20H24N2O5/c1-14(2)16-6-4-15(5-7-16)10-11-21-20(23)13-27-19-12-17(22(24)25)8-9-18(19)26-3/h4-9,12,14H,10-11,13H2,1-3H3,(H,21,23). The summed E-state index contributed by atoms with van der Waals surface area (Å²) in [6, 6.07) is 12.3. The van der Waals surface area contributed by atoms with Gasteiger partial charge in [-0.3, -0.25) is 14.9 Å². The molecule has 1 N–H and O–H groups in total. The Kier molecular flexibility index (Phi) is 7.16. The van der Waals surface area contributed by atoms with Gasteiger partial charge in [0.2, 0.25) is 0 Å². The third-order valence-electron chi connectivity index (χ3n) is 4.10. The van der Waals surface area contributed by atoms with Gasteiger partial charge in [0.05, 0.1) is 18.1 Å². The Morgan fingerprint density at radius 3 is 2.44 bits per heavy atom. The van der Waals surface area contributed by atoms with Gasteiger partial charge in [-0.05, 0) is 29.5 Å². The first-order valence-corrected chi connectivity index (χ1v) is 8.71. The number of non-ortho nitro benzene ring substituents is 1. The molecule has 0 aliphatic rings. The molecule has 0 spiro atoms. The molecule has 0 bridgehead atoms. The summed E-state index contributed by atoms with van der Waals surface area (Å²) in [6.07, 6.45) is 0.713. The van der Waals surface area contributed by atoms with Crippen LogP contribution >= 0.6 is 0 Å². The highest BCUT2D eigenvalue weighted by molar-refractivity contribution is 5.77. The number of nitro benzene ring substituents is 1. The lowest BCUT2D eigenvalue weighted by Crippen LogP contribution is -2.30. The SMILES string of the molecule is COc1ccc([N+](=O)[O-])cc1OCC(=O)NCCc1ccc(C(C)C)cc1. The zero-order valence-electron chi connectivity index (χ0n) is 15.7. The number of carbonyl (C=O) groups excluding carboxylic acids is 1. The maximum atomic E-state index is 12.0. The summed E-state index contributed by atoms with van der Waals surface area (Å²) >= 11 is 0. The second kappa shape index (κ2) is 9.56. The molecule has 2 aromatic carbocycles. The Balaban J connectivity index is 1.82. The highest BCUT2D eigenvalue weighted by Crippen LogP contribution is 2.30. The predicted octanol–water partition coefficient (Wildman–Crippen LogP) is 3.46. The number of nitrogens with zero attached hydrogens (tertiary/aromatic N) is 1. The summed E-state index contributed by atoms with van der Waals surface area (Å²) in [7, 11) is 1.43. The van der Waals surface area contributed by atoms with Crippen LogP contribution in [0.3, 0.4) is 0 Å². The van der Waals surface area contributed by atoms with Crippen molar-refractivity contribution >= 4 is 11.6 Å². The van der Waals surface area contributed by atoms with Crippen LogP contribution in [-0.4, -0.2) is 31.1 Å². The van der Waals surface area contributed by atoms with Gasteiger partial charge in [-0.15, -0.1) is 0 Å². The monoisotopic (exact) mass is 372 g/mol. The van der Waals surface area contributed by atoms with E-state index in [9.17, 15) is 14.9 Å². The van der Waals surface area contributed by atoms with Gasteiger partial charge < -0.3 is 14.8 Å². The quantitative estimate of drug-likeness (QED) is 0.538. The number of nitro groups is 1. The molecule has 0 aromatic heterocycles. The number of carbonyl (C=O) groups is 1. The lowest BCUT2D eigenvalue weighted by Gasteiger charge is -2.11. The average molecular weight is 372 g/mol. The maximum Gasteiger partial charge on any atom is 0.273 e. The van der Waals surface area contributed by atoms with Crippen LogP contribution in [0.2, 0.25) is 0 Å². The van der Waals surface area contributed by atoms with E-state index < -0.39 is 4.92 Å². The van der Waals surface area contributed by atoms with Crippen LogP contribution in [0.4, 0.5) is 5.69 Å². The summed E-state index contributed by atoms with van der Waals surface area (Å²) < 4.78 is 10.5. The van der Waals surface area contributed by atoms with Crippen molar-refractivity contribution in [2.24, 2.45) is 0 Å². The summed E-state index contributed by atoms with van der Waals surface area (Å²) in [5.41, 5.74) is 2.29. The fraction of sp³-hybridized carbons (Fsp3) is 0.350. The fourth-order valence-electron chi connectivity index (χ4n) is 2.50. The first-order valence-electron chi connectivity index (χ1n) is 8.71. The van der Waals surface area contributed by atoms with E-state index in [0.29, 0.717) is 24.6 Å². The molecule has 27 heavy (non-hydrogen) atoms. The van der Waals surface area contributed by atoms with Gasteiger partial charge in [0, 0.05) is 12.6 Å². The van der Waals surface area contributed by atoms with E-state index in [1.165, 1.54) is 30.9 Å². The van der Waals surface area contributed by atoms with E-state index in [2.05, 4.69) is 43.4 Å². The van der Waals surface area contributed by atoms with Gasteiger partial charge >= 0.3 is 0 Å². The molecule has 1 amide bonds. The zero-order chi connectivity index (χ0) is 19.8. The van der Waals surface area contributed by atoms with E-state index >= 15 is 0 Å². The van der Waals surface area contributed by atoms with Crippen LogP contribution < -0.4 is 14.8 Å². The minimum atomic E-state index is -0.531. The minimum absolute atomic E-state index is 0.129. The molecule has 2 aromatic rings. The van der Waals surface area contributed by atoms with Crippen molar-refractivity contribution < 1.29 is 19.2 Å². The molecule has 0 unspecified atom stereocenters. The van der Waals surface area contributed by atoms with Gasteiger partial charge in [-0.2, -0.15) is 0 Å². The van der Waals surface area contributed by atoms with E-state index in [0.717, 1.165) is 5.56 Å². The fourth-order valence-corrected chi connectivity index (χ4v) is 2.50. The number of methoxy groups -OCH3 is 1. The van der Waals surface area contributed by atoms with Crippen LogP contribution in [0, 0.1) is 10.1 Å². The van der Waals surface area contributed by atoms with Crippen LogP contribution in [-0.2, 0) is 11.2 Å². The molecule has 0 atom stereocenters. The number of amides is 1. The van der Waals surface area contributed by atoms with Gasteiger partial charge in [0.1, 0.15) is 0 Å². The first kappa shape index (κ1) is 20.2. The molecule has 0 saturated carbocycles. The Morgan fingerprint density at radius 2 is 1.85 bits per heavy atom. The molecule has 144 valence electrons. The molecule has 0 heterocycles. The molecule has 7 heteroatoms. The Hall–Kier alpha value is -3.09. The molecular weight excluding hydrogens is 348 g/mol. The van der Waals surface area contributed by atoms with Crippen molar-refractivity contribution in [3.05, 3.63) is 63.7 Å². The summed E-state index contributed by atoms with van der Waals surface area (Å²) in [4.78, 5) is 22.3. The predicted molar refractivity (Wildman–Crippen MR) is 102 cm³/mol. The van der Waals surface area contributed by atoms with Crippen molar-refractivity contribution in [3.63, 3.8) is 0 Å². The number of hydrogen-bond donors (Lipinski definition) is 1. The maximum absolute atomic E-state index is 12.0. The van der Waals surface area contributed by atoms with Gasteiger partial charge in [0.15, 0.2) is 18.1 Å². The van der Waals surface area contributed by atoms with E-state index in [4.69, 9.17) is 9.47 Å². The highest BCUT2D eigenvalue weighted by atomic mass is 16.6. The molecule has 0 radical (unpaired) electrons. The third kappa shape index (κ3) is 5.99. The van der Waals surface area contributed by atoms with Crippen molar-refractivity contribution in [1.29, 1.82) is 0 Å². The lowest BCUT2D eigenvalue weighted by molar-refractivity contribution is -0.385. The Labute approximate surface area is 158 Å². The van der Waals surface area contributed by atoms with Crippen molar-refractivity contribution in [1.82, 2.24) is 5.32 Å². The smallest absolute Gasteiger partial charge is 0.273 e. The number of ether oxygens (including phenoxy) is 2. The number of hydrogen-bond acceptors (Lipinski definition) is 5. The largest absolute Gasteiger partial charge is 0.493 e. The summed E-state index contributed by atoms with van der Waals surface area (Å²) in [5, 5.41) is 13.6. The molecule has 7 nitrogen and oxygen atoms in total. The minimum Gasteiger partial charge on any atom is -0.493 e. The second-order valence-corrected chi connectivity index (χ2v) is 6.38. The number of rotatable bonds is 9. The van der Waals surface area contributed by atoms with Crippen molar-refractivity contribution in [2.45, 2.75) is 26.2 Å². The Bertz CT molecular complexity index is 787. The van der Waals surface area contributed by atoms with E-state index in [1.54, 1.807) is 0 Å². The molecule has 0 fully saturated rings. The highest BCUT2D eigenvalue weighted by Gasteiger charge is 2.13. The summed E-state index contributed by atoms with van der Waals surface area (Å²) in [6.45, 7) is 4.52. The van der Waals surface area contributed by atoms with Crippen LogP contribution in [0.15, 0.2) is 42.5 Å². The van der Waals surface area contributed by atoms with Gasteiger partial charge in [0.25, 0.3) is 11.6 Å². The number of nitrogens with one attached hydrogen (secondary N) is 1. The first-order chi connectivity index (χ1) is 12.9. The second-order valence-electron chi connectivity index (χ2n) is 6.38. The molecule has 0 aliphatic carbocycles. The van der Waals surface area contributed by atoms with Crippen LogP contribution in [0.25, 0.3) is 0 Å². The van der Waals surface area contributed by atoms with Crippen molar-refractivity contribution in [3.8, 4) is 11.5 Å². The van der Waals surface area contributed by atoms with E-state index in [-0.39, 0.29) is 24.0 Å². The zero-order valence-corrected chi connectivity index (χ0v) is 15.7. The van der Waals surface area contributed by atoms with Crippen LogP contribution in [0.1, 0.15) is 30.9 Å². The lowest BCUT2D eigenvalue weighted by atomic mass is 10.0. The Morgan fingerprint density at radius 1 is 1.15 bits per heavy atom. The normalized spacial score (nSPS) is 10.5. The molecule has 2 rings (SSSR count). The average Bonchev–Trinajstić information content (AvgIpc) is 2.66. The van der Waals surface area contributed by atoms with Crippen molar-refractivity contribution in [2.75, 3.05) is 20.3 Å². The molecular formula is C20H24N2O5. The van der Waals surface area contributed by atoms with Gasteiger partial charge in [-0.1, -0.05) is 38.1 Å².